The van der Waals surface area contributed by atoms with Gasteiger partial charge in [-0.25, -0.2) is 0 Å². The smallest absolute Gasteiger partial charge is 0.310 e. The molecule has 0 spiro atoms. The Morgan fingerprint density at radius 1 is 1.12 bits per heavy atom. The summed E-state index contributed by atoms with van der Waals surface area (Å²) in [4.78, 5) is 34.8. The van der Waals surface area contributed by atoms with Gasteiger partial charge in [0.15, 0.2) is 6.61 Å². The van der Waals surface area contributed by atoms with Gasteiger partial charge in [-0.15, -0.1) is 0 Å². The minimum atomic E-state index is -0.490. The first-order valence-electron chi connectivity index (χ1n) is 8.26. The molecular formula is C18H24N2O4. The van der Waals surface area contributed by atoms with Crippen LogP contribution in [0.5, 0.6) is 0 Å². The molecule has 2 N–H and O–H groups in total. The molecule has 0 aromatic heterocycles. The molecule has 130 valence electrons. The number of carbonyl (C=O) groups excluding carboxylic acids is 3. The summed E-state index contributed by atoms with van der Waals surface area (Å²) >= 11 is 0. The van der Waals surface area contributed by atoms with Crippen molar-refractivity contribution in [1.82, 2.24) is 10.6 Å². The van der Waals surface area contributed by atoms with Crippen LogP contribution in [0.1, 0.15) is 37.0 Å². The average molecular weight is 332 g/mol. The molecule has 0 radical (unpaired) electrons. The SMILES string of the molecule is CC(C)NC(=O)CNC(=O)COC(=O)Cc1ccc2c(c1)CCC2. The van der Waals surface area contributed by atoms with E-state index in [0.29, 0.717) is 0 Å². The van der Waals surface area contributed by atoms with E-state index in [1.165, 1.54) is 11.1 Å². The number of amides is 2. The Morgan fingerprint density at radius 3 is 2.62 bits per heavy atom. The van der Waals surface area contributed by atoms with Crippen molar-refractivity contribution in [2.45, 2.75) is 45.6 Å². The van der Waals surface area contributed by atoms with Crippen molar-refractivity contribution in [2.24, 2.45) is 0 Å². The fourth-order valence-electron chi connectivity index (χ4n) is 2.70. The summed E-state index contributed by atoms with van der Waals surface area (Å²) in [6.07, 6.45) is 3.46. The quantitative estimate of drug-likeness (QED) is 0.727. The van der Waals surface area contributed by atoms with Crippen LogP contribution in [0, 0.1) is 0 Å². The van der Waals surface area contributed by atoms with Crippen LogP contribution in [0.15, 0.2) is 18.2 Å². The Bertz CT molecular complexity index is 625. The van der Waals surface area contributed by atoms with Gasteiger partial charge in [-0.3, -0.25) is 14.4 Å². The highest BCUT2D eigenvalue weighted by molar-refractivity contribution is 5.86. The van der Waals surface area contributed by atoms with Crippen molar-refractivity contribution in [3.8, 4) is 0 Å². The Morgan fingerprint density at radius 2 is 1.88 bits per heavy atom. The van der Waals surface area contributed by atoms with Crippen molar-refractivity contribution in [3.05, 3.63) is 34.9 Å². The van der Waals surface area contributed by atoms with E-state index < -0.39 is 11.9 Å². The number of hydrogen-bond acceptors (Lipinski definition) is 4. The van der Waals surface area contributed by atoms with Crippen LogP contribution in [0.4, 0.5) is 0 Å². The lowest BCUT2D eigenvalue weighted by molar-refractivity contribution is -0.147. The van der Waals surface area contributed by atoms with Gasteiger partial charge in [0, 0.05) is 6.04 Å². The monoisotopic (exact) mass is 332 g/mol. The van der Waals surface area contributed by atoms with Crippen molar-refractivity contribution < 1.29 is 19.1 Å². The second kappa shape index (κ2) is 8.47. The summed E-state index contributed by atoms with van der Waals surface area (Å²) in [5.74, 6) is -1.21. The van der Waals surface area contributed by atoms with E-state index in [0.717, 1.165) is 24.8 Å². The summed E-state index contributed by atoms with van der Waals surface area (Å²) in [5.41, 5.74) is 3.55. The van der Waals surface area contributed by atoms with E-state index in [1.807, 2.05) is 26.0 Å². The zero-order valence-electron chi connectivity index (χ0n) is 14.2. The van der Waals surface area contributed by atoms with Crippen LogP contribution in [-0.4, -0.2) is 37.0 Å². The molecule has 0 bridgehead atoms. The largest absolute Gasteiger partial charge is 0.455 e. The van der Waals surface area contributed by atoms with Gasteiger partial charge in [0.25, 0.3) is 5.91 Å². The molecule has 0 aliphatic heterocycles. The number of rotatable bonds is 7. The van der Waals surface area contributed by atoms with Gasteiger partial charge in [0.2, 0.25) is 5.91 Å². The van der Waals surface area contributed by atoms with Crippen molar-refractivity contribution >= 4 is 17.8 Å². The van der Waals surface area contributed by atoms with Crippen LogP contribution in [0.2, 0.25) is 0 Å². The Kier molecular flexibility index (Phi) is 6.35. The van der Waals surface area contributed by atoms with Crippen LogP contribution in [0.25, 0.3) is 0 Å². The number of benzene rings is 1. The second-order valence-electron chi connectivity index (χ2n) is 6.29. The average Bonchev–Trinajstić information content (AvgIpc) is 2.98. The fourth-order valence-corrected chi connectivity index (χ4v) is 2.70. The lowest BCUT2D eigenvalue weighted by Gasteiger charge is -2.10. The van der Waals surface area contributed by atoms with Crippen LogP contribution < -0.4 is 10.6 Å². The third-order valence-electron chi connectivity index (χ3n) is 3.77. The first-order chi connectivity index (χ1) is 11.4. The minimum Gasteiger partial charge on any atom is -0.455 e. The number of esters is 1. The highest BCUT2D eigenvalue weighted by Gasteiger charge is 2.14. The van der Waals surface area contributed by atoms with E-state index in [-0.39, 0.29) is 31.5 Å². The molecule has 6 heteroatoms. The summed E-state index contributed by atoms with van der Waals surface area (Å²) < 4.78 is 4.96. The maximum Gasteiger partial charge on any atom is 0.310 e. The molecule has 1 aliphatic rings. The number of ether oxygens (including phenoxy) is 1. The molecule has 1 aromatic rings. The Labute approximate surface area is 142 Å². The van der Waals surface area contributed by atoms with Crippen molar-refractivity contribution in [3.63, 3.8) is 0 Å². The van der Waals surface area contributed by atoms with E-state index >= 15 is 0 Å². The molecule has 0 saturated heterocycles. The third-order valence-corrected chi connectivity index (χ3v) is 3.77. The van der Waals surface area contributed by atoms with Gasteiger partial charge in [-0.05, 0) is 49.8 Å². The minimum absolute atomic E-state index is 0.0135. The van der Waals surface area contributed by atoms with E-state index in [9.17, 15) is 14.4 Å². The fraction of sp³-hybridized carbons (Fsp3) is 0.500. The van der Waals surface area contributed by atoms with E-state index in [1.54, 1.807) is 0 Å². The molecule has 0 atom stereocenters. The molecule has 24 heavy (non-hydrogen) atoms. The lowest BCUT2D eigenvalue weighted by atomic mass is 10.0. The van der Waals surface area contributed by atoms with Gasteiger partial charge in [-0.2, -0.15) is 0 Å². The molecule has 2 rings (SSSR count). The number of carbonyl (C=O) groups is 3. The van der Waals surface area contributed by atoms with Crippen LogP contribution in [0.3, 0.4) is 0 Å². The number of aryl methyl sites for hydroxylation is 2. The molecule has 0 unspecified atom stereocenters. The zero-order chi connectivity index (χ0) is 17.5. The van der Waals surface area contributed by atoms with Gasteiger partial charge >= 0.3 is 5.97 Å². The standard InChI is InChI=1S/C18H24N2O4/c1-12(2)20-16(21)10-19-17(22)11-24-18(23)9-13-6-7-14-4-3-5-15(14)8-13/h6-8,12H,3-5,9-11H2,1-2H3,(H,19,22)(H,20,21). The first-order valence-corrected chi connectivity index (χ1v) is 8.26. The molecule has 0 fully saturated rings. The van der Waals surface area contributed by atoms with Crippen LogP contribution >= 0.6 is 0 Å². The molecular weight excluding hydrogens is 308 g/mol. The van der Waals surface area contributed by atoms with Crippen molar-refractivity contribution in [1.29, 1.82) is 0 Å². The van der Waals surface area contributed by atoms with Gasteiger partial charge in [0.1, 0.15) is 0 Å². The van der Waals surface area contributed by atoms with E-state index in [2.05, 4.69) is 16.7 Å². The zero-order valence-corrected chi connectivity index (χ0v) is 14.2. The molecule has 1 aromatic carbocycles. The first kappa shape index (κ1) is 18.0. The highest BCUT2D eigenvalue weighted by Crippen LogP contribution is 2.23. The topological polar surface area (TPSA) is 84.5 Å². The number of fused-ring (bicyclic) bond motifs is 1. The highest BCUT2D eigenvalue weighted by atomic mass is 16.5. The molecule has 0 saturated carbocycles. The number of hydrogen-bond donors (Lipinski definition) is 2. The van der Waals surface area contributed by atoms with Crippen LogP contribution in [-0.2, 0) is 38.4 Å². The van der Waals surface area contributed by atoms with Gasteiger partial charge in [0.05, 0.1) is 13.0 Å². The lowest BCUT2D eigenvalue weighted by Crippen LogP contribution is -2.41. The maximum absolute atomic E-state index is 11.8. The normalized spacial score (nSPS) is 12.6. The van der Waals surface area contributed by atoms with Gasteiger partial charge in [-0.1, -0.05) is 18.2 Å². The summed E-state index contributed by atoms with van der Waals surface area (Å²) in [6.45, 7) is 3.17. The second-order valence-corrected chi connectivity index (χ2v) is 6.29. The predicted octanol–water partition coefficient (Wildman–Crippen LogP) is 0.902. The molecule has 6 nitrogen and oxygen atoms in total. The summed E-state index contributed by atoms with van der Waals surface area (Å²) in [7, 11) is 0. The van der Waals surface area contributed by atoms with Gasteiger partial charge < -0.3 is 15.4 Å². The number of nitrogens with one attached hydrogen (secondary N) is 2. The predicted molar refractivity (Wildman–Crippen MR) is 89.4 cm³/mol. The maximum atomic E-state index is 11.8. The summed E-state index contributed by atoms with van der Waals surface area (Å²) in [5, 5.41) is 5.07. The Balaban J connectivity index is 1.69. The summed E-state index contributed by atoms with van der Waals surface area (Å²) in [6, 6.07) is 6.05. The Hall–Kier alpha value is -2.37. The molecule has 0 heterocycles. The molecule has 1 aliphatic carbocycles. The molecule has 2 amide bonds. The van der Waals surface area contributed by atoms with Crippen molar-refractivity contribution in [2.75, 3.05) is 13.2 Å². The van der Waals surface area contributed by atoms with E-state index in [4.69, 9.17) is 4.74 Å². The third kappa shape index (κ3) is 5.68.